The molecule has 16 heavy (non-hydrogen) atoms. The molecule has 0 fully saturated rings. The Kier molecular flexibility index (Phi) is 8.75. The van der Waals surface area contributed by atoms with Gasteiger partial charge in [0.05, 0.1) is 12.6 Å². The summed E-state index contributed by atoms with van der Waals surface area (Å²) in [5.74, 6) is -0.124. The van der Waals surface area contributed by atoms with Gasteiger partial charge in [0.1, 0.15) is 5.78 Å². The summed E-state index contributed by atoms with van der Waals surface area (Å²) in [6.45, 7) is 2.54. The predicted octanol–water partition coefficient (Wildman–Crippen LogP) is -0.331. The van der Waals surface area contributed by atoms with Crippen LogP contribution in [0.5, 0.6) is 0 Å². The lowest BCUT2D eigenvalue weighted by Gasteiger charge is -2.15. The highest BCUT2D eigenvalue weighted by Crippen LogP contribution is 2.00. The molecule has 3 N–H and O–H groups in total. The molecule has 0 aromatic rings. The van der Waals surface area contributed by atoms with E-state index in [2.05, 4.69) is 16.0 Å². The van der Waals surface area contributed by atoms with Gasteiger partial charge in [-0.05, 0) is 40.4 Å². The molecule has 0 rings (SSSR count). The molecule has 94 valence electrons. The van der Waals surface area contributed by atoms with E-state index in [4.69, 9.17) is 0 Å². The maximum absolute atomic E-state index is 11.6. The van der Waals surface area contributed by atoms with E-state index in [1.54, 1.807) is 7.05 Å². The van der Waals surface area contributed by atoms with Crippen LogP contribution in [0.4, 0.5) is 0 Å². The molecule has 0 aliphatic rings. The van der Waals surface area contributed by atoms with Crippen molar-refractivity contribution in [2.45, 2.75) is 32.2 Å². The highest BCUT2D eigenvalue weighted by Gasteiger charge is 2.15. The van der Waals surface area contributed by atoms with Crippen molar-refractivity contribution in [3.8, 4) is 0 Å². The first-order valence-electron chi connectivity index (χ1n) is 5.70. The molecule has 0 radical (unpaired) electrons. The molecule has 5 heteroatoms. The van der Waals surface area contributed by atoms with Gasteiger partial charge in [-0.1, -0.05) is 6.42 Å². The maximum Gasteiger partial charge on any atom is 0.237 e. The summed E-state index contributed by atoms with van der Waals surface area (Å²) in [5, 5.41) is 8.63. The Balaban J connectivity index is 3.78. The van der Waals surface area contributed by atoms with E-state index in [9.17, 15) is 9.59 Å². The normalized spacial score (nSPS) is 12.2. The molecule has 0 saturated carbocycles. The molecule has 0 spiro atoms. The van der Waals surface area contributed by atoms with E-state index in [-0.39, 0.29) is 24.3 Å². The molecule has 0 bridgehead atoms. The van der Waals surface area contributed by atoms with Crippen LogP contribution >= 0.6 is 0 Å². The third-order valence-corrected chi connectivity index (χ3v) is 2.35. The largest absolute Gasteiger partial charge is 0.348 e. The molecule has 0 saturated heterocycles. The zero-order valence-corrected chi connectivity index (χ0v) is 10.4. The topological polar surface area (TPSA) is 70.2 Å². The van der Waals surface area contributed by atoms with Crippen LogP contribution in [0.25, 0.3) is 0 Å². The van der Waals surface area contributed by atoms with Gasteiger partial charge in [-0.3, -0.25) is 9.59 Å². The van der Waals surface area contributed by atoms with Crippen molar-refractivity contribution < 1.29 is 9.59 Å². The van der Waals surface area contributed by atoms with Crippen molar-refractivity contribution in [3.63, 3.8) is 0 Å². The lowest BCUT2D eigenvalue weighted by Crippen LogP contribution is -2.44. The minimum atomic E-state index is -0.198. The number of hydrogen-bond acceptors (Lipinski definition) is 4. The van der Waals surface area contributed by atoms with E-state index in [1.165, 1.54) is 6.92 Å². The van der Waals surface area contributed by atoms with Gasteiger partial charge in [-0.15, -0.1) is 0 Å². The number of carbonyl (C=O) groups is 2. The first-order chi connectivity index (χ1) is 7.61. The number of likely N-dealkylation sites (N-methyl/N-ethyl adjacent to an activating group) is 1. The summed E-state index contributed by atoms with van der Waals surface area (Å²) < 4.78 is 0. The smallest absolute Gasteiger partial charge is 0.237 e. The number of nitrogens with one attached hydrogen (secondary N) is 3. The highest BCUT2D eigenvalue weighted by atomic mass is 16.2. The van der Waals surface area contributed by atoms with Crippen LogP contribution in [0.3, 0.4) is 0 Å². The molecular weight excluding hydrogens is 206 g/mol. The zero-order valence-electron chi connectivity index (χ0n) is 10.4. The molecule has 1 atom stereocenters. The first-order valence-corrected chi connectivity index (χ1v) is 5.70. The molecular formula is C11H23N3O2. The second kappa shape index (κ2) is 9.30. The lowest BCUT2D eigenvalue weighted by atomic mass is 10.1. The van der Waals surface area contributed by atoms with Crippen molar-refractivity contribution in [2.75, 3.05) is 27.2 Å². The second-order valence-electron chi connectivity index (χ2n) is 3.86. The molecule has 1 amide bonds. The molecule has 1 unspecified atom stereocenters. The van der Waals surface area contributed by atoms with Crippen molar-refractivity contribution >= 4 is 11.7 Å². The zero-order chi connectivity index (χ0) is 12.4. The van der Waals surface area contributed by atoms with Crippen LogP contribution in [0.2, 0.25) is 0 Å². The van der Waals surface area contributed by atoms with E-state index in [1.807, 2.05) is 7.05 Å². The Labute approximate surface area is 97.4 Å². The SMILES string of the molecule is CNCCCCC(NC)C(=O)NCC(C)=O. The van der Waals surface area contributed by atoms with E-state index in [0.717, 1.165) is 25.8 Å². The number of ketones is 1. The van der Waals surface area contributed by atoms with E-state index >= 15 is 0 Å². The van der Waals surface area contributed by atoms with Gasteiger partial charge in [0.2, 0.25) is 5.91 Å². The van der Waals surface area contributed by atoms with Gasteiger partial charge in [0.15, 0.2) is 0 Å². The number of amides is 1. The highest BCUT2D eigenvalue weighted by molar-refractivity contribution is 5.87. The van der Waals surface area contributed by atoms with Crippen molar-refractivity contribution in [1.29, 1.82) is 0 Å². The Morgan fingerprint density at radius 1 is 1.19 bits per heavy atom. The summed E-state index contributed by atoms with van der Waals surface area (Å²) >= 11 is 0. The quantitative estimate of drug-likeness (QED) is 0.473. The number of unbranched alkanes of at least 4 members (excludes halogenated alkanes) is 1. The van der Waals surface area contributed by atoms with Gasteiger partial charge in [-0.2, -0.15) is 0 Å². The van der Waals surface area contributed by atoms with Crippen LogP contribution in [0.1, 0.15) is 26.2 Å². The standard InChI is InChI=1S/C11H23N3O2/c1-9(15)8-14-11(16)10(13-3)6-4-5-7-12-2/h10,12-13H,4-8H2,1-3H3,(H,14,16). The molecule has 0 aliphatic heterocycles. The summed E-state index contributed by atoms with van der Waals surface area (Å²) in [6.07, 6.45) is 2.83. The minimum Gasteiger partial charge on any atom is -0.348 e. The Morgan fingerprint density at radius 2 is 1.88 bits per heavy atom. The van der Waals surface area contributed by atoms with Gasteiger partial charge < -0.3 is 16.0 Å². The maximum atomic E-state index is 11.6. The molecule has 5 nitrogen and oxygen atoms in total. The van der Waals surface area contributed by atoms with Gasteiger partial charge in [0, 0.05) is 0 Å². The van der Waals surface area contributed by atoms with Crippen LogP contribution < -0.4 is 16.0 Å². The van der Waals surface area contributed by atoms with Crippen molar-refractivity contribution in [3.05, 3.63) is 0 Å². The van der Waals surface area contributed by atoms with Crippen LogP contribution in [-0.4, -0.2) is 44.9 Å². The summed E-state index contributed by atoms with van der Waals surface area (Å²) in [5.41, 5.74) is 0. The van der Waals surface area contributed by atoms with Gasteiger partial charge >= 0.3 is 0 Å². The third kappa shape index (κ3) is 7.36. The van der Waals surface area contributed by atoms with Gasteiger partial charge in [-0.25, -0.2) is 0 Å². The molecule has 0 aromatic carbocycles. The third-order valence-electron chi connectivity index (χ3n) is 2.35. The van der Waals surface area contributed by atoms with E-state index in [0.29, 0.717) is 0 Å². The number of rotatable bonds is 9. The van der Waals surface area contributed by atoms with Crippen LogP contribution in [0.15, 0.2) is 0 Å². The van der Waals surface area contributed by atoms with Gasteiger partial charge in [0.25, 0.3) is 0 Å². The Morgan fingerprint density at radius 3 is 2.38 bits per heavy atom. The summed E-state index contributed by atoms with van der Waals surface area (Å²) in [4.78, 5) is 22.3. The fraction of sp³-hybridized carbons (Fsp3) is 0.818. The monoisotopic (exact) mass is 229 g/mol. The Hall–Kier alpha value is -0.940. The number of Topliss-reactive ketones (excluding diaryl/α,β-unsaturated/α-hetero) is 1. The first kappa shape index (κ1) is 15.1. The minimum absolute atomic E-state index is 0.0293. The average molecular weight is 229 g/mol. The number of hydrogen-bond donors (Lipinski definition) is 3. The fourth-order valence-electron chi connectivity index (χ4n) is 1.39. The fourth-order valence-corrected chi connectivity index (χ4v) is 1.39. The molecule has 0 heterocycles. The second-order valence-corrected chi connectivity index (χ2v) is 3.86. The lowest BCUT2D eigenvalue weighted by molar-refractivity contribution is -0.126. The van der Waals surface area contributed by atoms with Crippen LogP contribution in [0, 0.1) is 0 Å². The summed E-state index contributed by atoms with van der Waals surface area (Å²) in [6, 6.07) is -0.198. The predicted molar refractivity (Wildman–Crippen MR) is 64.3 cm³/mol. The number of carbonyl (C=O) groups excluding carboxylic acids is 2. The Bertz CT molecular complexity index is 219. The van der Waals surface area contributed by atoms with Crippen molar-refractivity contribution in [2.24, 2.45) is 0 Å². The average Bonchev–Trinajstić information content (AvgIpc) is 2.26. The van der Waals surface area contributed by atoms with E-state index < -0.39 is 0 Å². The summed E-state index contributed by atoms with van der Waals surface area (Å²) in [7, 11) is 3.67. The molecule has 0 aliphatic carbocycles. The molecule has 0 aromatic heterocycles. The van der Waals surface area contributed by atoms with Crippen LogP contribution in [-0.2, 0) is 9.59 Å². The van der Waals surface area contributed by atoms with Crippen molar-refractivity contribution in [1.82, 2.24) is 16.0 Å².